The largest absolute Gasteiger partial charge is 0.319 e. The van der Waals surface area contributed by atoms with E-state index >= 15 is 0 Å². The second-order valence-corrected chi connectivity index (χ2v) is 7.08. The Morgan fingerprint density at radius 2 is 2.00 bits per heavy atom. The highest BCUT2D eigenvalue weighted by Gasteiger charge is 2.20. The fraction of sp³-hybridized carbons (Fsp3) is 0.294. The lowest BCUT2D eigenvalue weighted by atomic mass is 10.1. The van der Waals surface area contributed by atoms with Gasteiger partial charge in [-0.3, -0.25) is 14.9 Å². The van der Waals surface area contributed by atoms with Crippen LogP contribution in [0.15, 0.2) is 23.4 Å². The van der Waals surface area contributed by atoms with Crippen molar-refractivity contribution in [3.8, 4) is 0 Å². The monoisotopic (exact) mass is 386 g/mol. The van der Waals surface area contributed by atoms with Crippen molar-refractivity contribution in [2.45, 2.75) is 32.9 Å². The predicted octanol–water partition coefficient (Wildman–Crippen LogP) is 3.00. The molecule has 0 fully saturated rings. The highest BCUT2D eigenvalue weighted by molar-refractivity contribution is 7.99. The van der Waals surface area contributed by atoms with Gasteiger partial charge in [-0.15, -0.1) is 5.10 Å². The lowest BCUT2D eigenvalue weighted by Crippen LogP contribution is -2.16. The first-order valence-electron chi connectivity index (χ1n) is 8.14. The number of benzene rings is 1. The molecular formula is C17H18N6O3S. The summed E-state index contributed by atoms with van der Waals surface area (Å²) in [4.78, 5) is 31.7. The maximum atomic E-state index is 12.3. The van der Waals surface area contributed by atoms with E-state index in [1.165, 1.54) is 6.07 Å². The minimum atomic E-state index is -0.504. The zero-order chi connectivity index (χ0) is 19.7. The van der Waals surface area contributed by atoms with Gasteiger partial charge in [0.1, 0.15) is 5.69 Å². The number of carbonyl (C=O) groups excluding carboxylic acids is 1. The molecule has 1 amide bonds. The number of anilines is 1. The Balaban J connectivity index is 1.75. The normalized spacial score (nSPS) is 11.0. The van der Waals surface area contributed by atoms with Crippen molar-refractivity contribution in [3.05, 3.63) is 50.8 Å². The van der Waals surface area contributed by atoms with Gasteiger partial charge in [0, 0.05) is 17.5 Å². The summed E-state index contributed by atoms with van der Waals surface area (Å²) in [6, 6.07) is 4.95. The van der Waals surface area contributed by atoms with E-state index in [0.717, 1.165) is 28.7 Å². The van der Waals surface area contributed by atoms with Crippen LogP contribution >= 0.6 is 11.8 Å². The summed E-state index contributed by atoms with van der Waals surface area (Å²) in [5.41, 5.74) is 3.36. The molecule has 140 valence electrons. The van der Waals surface area contributed by atoms with E-state index < -0.39 is 4.92 Å². The quantitative estimate of drug-likeness (QED) is 0.407. The van der Waals surface area contributed by atoms with E-state index in [4.69, 9.17) is 0 Å². The van der Waals surface area contributed by atoms with Crippen LogP contribution in [0.25, 0.3) is 5.78 Å². The maximum absolute atomic E-state index is 12.3. The minimum Gasteiger partial charge on any atom is -0.319 e. The smallest absolute Gasteiger partial charge is 0.293 e. The third-order valence-corrected chi connectivity index (χ3v) is 4.94. The number of hydrogen-bond donors (Lipinski definition) is 1. The number of fused-ring (bicyclic) bond motifs is 1. The molecule has 0 saturated carbocycles. The molecule has 9 nitrogen and oxygen atoms in total. The molecule has 2 aromatic heterocycles. The van der Waals surface area contributed by atoms with Crippen molar-refractivity contribution in [2.75, 3.05) is 11.1 Å². The summed E-state index contributed by atoms with van der Waals surface area (Å²) in [5.74, 6) is 0.136. The maximum Gasteiger partial charge on any atom is 0.293 e. The summed E-state index contributed by atoms with van der Waals surface area (Å²) in [6.07, 6.45) is 0. The number of carbonyl (C=O) groups is 1. The van der Waals surface area contributed by atoms with Crippen LogP contribution in [0.3, 0.4) is 0 Å². The topological polar surface area (TPSA) is 115 Å². The van der Waals surface area contributed by atoms with Crippen molar-refractivity contribution >= 4 is 34.8 Å². The number of aryl methyl sites for hydroxylation is 3. The molecular weight excluding hydrogens is 368 g/mol. The highest BCUT2D eigenvalue weighted by Crippen LogP contribution is 2.30. The van der Waals surface area contributed by atoms with Gasteiger partial charge >= 0.3 is 0 Å². The molecule has 10 heteroatoms. The zero-order valence-electron chi connectivity index (χ0n) is 15.3. The van der Waals surface area contributed by atoms with Crippen LogP contribution in [0.4, 0.5) is 11.4 Å². The van der Waals surface area contributed by atoms with Crippen LogP contribution in [0.1, 0.15) is 22.5 Å². The van der Waals surface area contributed by atoms with Gasteiger partial charge in [-0.25, -0.2) is 9.50 Å². The Bertz CT molecular complexity index is 1060. The number of nitro groups is 1. The van der Waals surface area contributed by atoms with Gasteiger partial charge in [0.15, 0.2) is 0 Å². The van der Waals surface area contributed by atoms with Crippen molar-refractivity contribution < 1.29 is 9.72 Å². The van der Waals surface area contributed by atoms with Gasteiger partial charge in [0.05, 0.1) is 10.7 Å². The molecule has 0 atom stereocenters. The Morgan fingerprint density at radius 3 is 2.70 bits per heavy atom. The lowest BCUT2D eigenvalue weighted by Gasteiger charge is -2.10. The van der Waals surface area contributed by atoms with Crippen LogP contribution in [-0.2, 0) is 4.79 Å². The van der Waals surface area contributed by atoms with Gasteiger partial charge in [-0.2, -0.15) is 4.98 Å². The number of rotatable bonds is 5. The van der Waals surface area contributed by atoms with Gasteiger partial charge in [-0.1, -0.05) is 17.8 Å². The van der Waals surface area contributed by atoms with E-state index in [1.54, 1.807) is 17.5 Å². The summed E-state index contributed by atoms with van der Waals surface area (Å²) in [5, 5.41) is 18.6. The van der Waals surface area contributed by atoms with Crippen molar-refractivity contribution in [1.29, 1.82) is 0 Å². The Morgan fingerprint density at radius 1 is 1.26 bits per heavy atom. The molecule has 1 aromatic carbocycles. The summed E-state index contributed by atoms with van der Waals surface area (Å²) < 4.78 is 1.61. The molecule has 0 unspecified atom stereocenters. The number of amides is 1. The van der Waals surface area contributed by atoms with E-state index in [1.807, 2.05) is 26.8 Å². The van der Waals surface area contributed by atoms with Gasteiger partial charge in [0.2, 0.25) is 11.1 Å². The molecule has 0 radical (unpaired) electrons. The van der Waals surface area contributed by atoms with Crippen LogP contribution in [0.2, 0.25) is 0 Å². The summed E-state index contributed by atoms with van der Waals surface area (Å²) in [7, 11) is 0. The molecule has 0 saturated heterocycles. The van der Waals surface area contributed by atoms with Crippen LogP contribution in [0.5, 0.6) is 0 Å². The van der Waals surface area contributed by atoms with Crippen LogP contribution in [-0.4, -0.2) is 36.2 Å². The van der Waals surface area contributed by atoms with Gasteiger partial charge in [-0.05, 0) is 44.9 Å². The van der Waals surface area contributed by atoms with Gasteiger partial charge in [0.25, 0.3) is 11.5 Å². The minimum absolute atomic E-state index is 0.0272. The summed E-state index contributed by atoms with van der Waals surface area (Å²) in [6.45, 7) is 7.35. The second-order valence-electron chi connectivity index (χ2n) is 6.14. The Kier molecular flexibility index (Phi) is 5.08. The molecule has 0 bridgehead atoms. The predicted molar refractivity (Wildman–Crippen MR) is 102 cm³/mol. The highest BCUT2D eigenvalue weighted by atomic mass is 32.2. The second kappa shape index (κ2) is 7.31. The number of nitro benzene ring substituents is 1. The third kappa shape index (κ3) is 3.90. The fourth-order valence-corrected chi connectivity index (χ4v) is 3.24. The van der Waals surface area contributed by atoms with Crippen molar-refractivity contribution in [3.63, 3.8) is 0 Å². The zero-order valence-corrected chi connectivity index (χ0v) is 16.1. The SMILES string of the molecule is Cc1cc(C)n2nc(SCC(=O)Nc3c([N+](=O)[O-])ccc(C)c3C)nc2n1. The van der Waals surface area contributed by atoms with Crippen molar-refractivity contribution in [2.24, 2.45) is 0 Å². The van der Waals surface area contributed by atoms with E-state index in [-0.39, 0.29) is 23.0 Å². The first-order valence-corrected chi connectivity index (χ1v) is 9.13. The molecule has 2 heterocycles. The van der Waals surface area contributed by atoms with E-state index in [2.05, 4.69) is 20.4 Å². The van der Waals surface area contributed by atoms with Crippen LogP contribution in [0, 0.1) is 37.8 Å². The van der Waals surface area contributed by atoms with Gasteiger partial charge < -0.3 is 5.32 Å². The average Bonchev–Trinajstić information content (AvgIpc) is 3.00. The lowest BCUT2D eigenvalue weighted by molar-refractivity contribution is -0.384. The average molecular weight is 386 g/mol. The van der Waals surface area contributed by atoms with Crippen LogP contribution < -0.4 is 5.32 Å². The number of aromatic nitrogens is 4. The fourth-order valence-electron chi connectivity index (χ4n) is 2.63. The molecule has 3 aromatic rings. The molecule has 0 aliphatic heterocycles. The molecule has 0 aliphatic carbocycles. The molecule has 0 spiro atoms. The number of thioether (sulfide) groups is 1. The standard InChI is InChI=1S/C17H18N6O3S/c1-9-5-6-13(23(25)26)15(12(9)4)19-14(24)8-27-17-20-16-18-10(2)7-11(3)22(16)21-17/h5-7H,8H2,1-4H3,(H,19,24). The molecule has 27 heavy (non-hydrogen) atoms. The Labute approximate surface area is 159 Å². The number of nitrogens with zero attached hydrogens (tertiary/aromatic N) is 5. The third-order valence-electron chi connectivity index (χ3n) is 4.11. The van der Waals surface area contributed by atoms with Crippen molar-refractivity contribution in [1.82, 2.24) is 19.6 Å². The first kappa shape index (κ1) is 18.8. The number of nitrogens with one attached hydrogen (secondary N) is 1. The molecule has 3 rings (SSSR count). The van der Waals surface area contributed by atoms with E-state index in [9.17, 15) is 14.9 Å². The molecule has 0 aliphatic rings. The van der Waals surface area contributed by atoms with E-state index in [0.29, 0.717) is 16.5 Å². The first-order chi connectivity index (χ1) is 12.8. The number of hydrogen-bond acceptors (Lipinski definition) is 7. The summed E-state index contributed by atoms with van der Waals surface area (Å²) >= 11 is 1.15. The Hall–Kier alpha value is -3.01. The molecule has 1 N–H and O–H groups in total.